The number of aromatic nitrogens is 1. The van der Waals surface area contributed by atoms with E-state index in [2.05, 4.69) is 78.5 Å². The smallest absolute Gasteiger partial charge is 0.220 e. The summed E-state index contributed by atoms with van der Waals surface area (Å²) in [5.41, 5.74) is 5.08. The molecule has 3 nitrogen and oxygen atoms in total. The van der Waals surface area contributed by atoms with E-state index in [9.17, 15) is 4.79 Å². The van der Waals surface area contributed by atoms with Gasteiger partial charge in [-0.2, -0.15) is 0 Å². The molecule has 1 N–H and O–H groups in total. The largest absolute Gasteiger partial charge is 0.353 e. The zero-order valence-electron chi connectivity index (χ0n) is 17.7. The van der Waals surface area contributed by atoms with Crippen molar-refractivity contribution in [3.05, 3.63) is 71.4 Å². The normalized spacial score (nSPS) is 19.4. The number of carbonyl (C=O) groups excluding carboxylic acids is 1. The fourth-order valence-electron chi connectivity index (χ4n) is 4.60. The minimum absolute atomic E-state index is 0.194. The molecular weight excluding hydrogens is 356 g/mol. The van der Waals surface area contributed by atoms with Crippen LogP contribution >= 0.6 is 0 Å². The highest BCUT2D eigenvalue weighted by Gasteiger charge is 2.22. The van der Waals surface area contributed by atoms with Crippen LogP contribution in [0.1, 0.15) is 55.7 Å². The fourth-order valence-corrected chi connectivity index (χ4v) is 4.60. The molecule has 0 radical (unpaired) electrons. The standard InChI is InChI=1S/C26H32N2O/c1-19-11-13-21(14-12-19)17-28-18-22(23-8-4-6-10-25(23)28)15-16-26(29)27-24-9-5-3-7-20(24)2/h4,6,8,10-14,18,20,24H,3,5,7,9,15-17H2,1-2H3,(H,27,29)/t20-,24-/m0/s1. The van der Waals surface area contributed by atoms with E-state index in [-0.39, 0.29) is 5.91 Å². The first kappa shape index (κ1) is 19.8. The van der Waals surface area contributed by atoms with Crippen LogP contribution in [0.4, 0.5) is 0 Å². The summed E-state index contributed by atoms with van der Waals surface area (Å²) < 4.78 is 2.32. The summed E-state index contributed by atoms with van der Waals surface area (Å²) in [6, 6.07) is 17.6. The van der Waals surface area contributed by atoms with Gasteiger partial charge in [-0.15, -0.1) is 0 Å². The second kappa shape index (κ2) is 8.86. The maximum Gasteiger partial charge on any atom is 0.220 e. The Morgan fingerprint density at radius 3 is 2.62 bits per heavy atom. The van der Waals surface area contributed by atoms with Gasteiger partial charge in [0.05, 0.1) is 0 Å². The summed E-state index contributed by atoms with van der Waals surface area (Å²) in [4.78, 5) is 12.6. The second-order valence-corrected chi connectivity index (χ2v) is 8.72. The Hall–Kier alpha value is -2.55. The molecule has 0 spiro atoms. The van der Waals surface area contributed by atoms with Crippen molar-refractivity contribution < 1.29 is 4.79 Å². The van der Waals surface area contributed by atoms with Crippen LogP contribution in [-0.4, -0.2) is 16.5 Å². The van der Waals surface area contributed by atoms with Crippen molar-refractivity contribution in [1.29, 1.82) is 0 Å². The topological polar surface area (TPSA) is 34.0 Å². The molecule has 0 unspecified atom stereocenters. The molecule has 2 aromatic carbocycles. The summed E-state index contributed by atoms with van der Waals surface area (Å²) >= 11 is 0. The number of fused-ring (bicyclic) bond motifs is 1. The van der Waals surface area contributed by atoms with Gasteiger partial charge in [-0.05, 0) is 49.3 Å². The maximum atomic E-state index is 12.6. The third-order valence-electron chi connectivity index (χ3n) is 6.42. The molecule has 3 aromatic rings. The Labute approximate surface area is 174 Å². The predicted molar refractivity (Wildman–Crippen MR) is 120 cm³/mol. The molecule has 1 aliphatic carbocycles. The molecule has 4 rings (SSSR count). The van der Waals surface area contributed by atoms with Gasteiger partial charge in [-0.1, -0.05) is 67.8 Å². The number of aryl methyl sites for hydroxylation is 2. The Morgan fingerprint density at radius 2 is 1.83 bits per heavy atom. The lowest BCUT2D eigenvalue weighted by Gasteiger charge is -2.29. The Balaban J connectivity index is 1.46. The zero-order chi connectivity index (χ0) is 20.2. The van der Waals surface area contributed by atoms with Gasteiger partial charge < -0.3 is 9.88 Å². The highest BCUT2D eigenvalue weighted by molar-refractivity contribution is 5.85. The van der Waals surface area contributed by atoms with Crippen molar-refractivity contribution in [2.24, 2.45) is 5.92 Å². The quantitative estimate of drug-likeness (QED) is 0.584. The molecule has 1 amide bonds. The van der Waals surface area contributed by atoms with Crippen LogP contribution in [0.3, 0.4) is 0 Å². The van der Waals surface area contributed by atoms with E-state index in [1.54, 1.807) is 0 Å². The summed E-state index contributed by atoms with van der Waals surface area (Å²) in [7, 11) is 0. The SMILES string of the molecule is Cc1ccc(Cn2cc(CCC(=O)N[C@H]3CCCC[C@@H]3C)c3ccccc32)cc1. The Morgan fingerprint density at radius 1 is 1.07 bits per heavy atom. The zero-order valence-corrected chi connectivity index (χ0v) is 17.7. The number of nitrogens with zero attached hydrogens (tertiary/aromatic N) is 1. The molecule has 2 atom stereocenters. The Bertz CT molecular complexity index is 970. The average molecular weight is 389 g/mol. The molecule has 152 valence electrons. The minimum Gasteiger partial charge on any atom is -0.353 e. The molecule has 1 aliphatic rings. The molecule has 29 heavy (non-hydrogen) atoms. The van der Waals surface area contributed by atoms with E-state index in [0.29, 0.717) is 18.4 Å². The third kappa shape index (κ3) is 4.72. The maximum absolute atomic E-state index is 12.6. The number of nitrogens with one attached hydrogen (secondary N) is 1. The van der Waals surface area contributed by atoms with Crippen molar-refractivity contribution >= 4 is 16.8 Å². The van der Waals surface area contributed by atoms with Crippen molar-refractivity contribution in [2.75, 3.05) is 0 Å². The van der Waals surface area contributed by atoms with Crippen LogP contribution in [0.5, 0.6) is 0 Å². The molecule has 3 heteroatoms. The van der Waals surface area contributed by atoms with Gasteiger partial charge in [0.1, 0.15) is 0 Å². The molecule has 1 aromatic heterocycles. The van der Waals surface area contributed by atoms with Gasteiger partial charge in [0.15, 0.2) is 0 Å². The lowest BCUT2D eigenvalue weighted by molar-refractivity contribution is -0.122. The van der Waals surface area contributed by atoms with Gasteiger partial charge >= 0.3 is 0 Å². The van der Waals surface area contributed by atoms with Gasteiger partial charge in [0, 0.05) is 36.1 Å². The summed E-state index contributed by atoms with van der Waals surface area (Å²) in [6.07, 6.45) is 8.48. The number of para-hydroxylation sites is 1. The molecular formula is C26H32N2O. The summed E-state index contributed by atoms with van der Waals surface area (Å²) in [6.45, 7) is 5.24. The van der Waals surface area contributed by atoms with Crippen molar-refractivity contribution in [3.8, 4) is 0 Å². The summed E-state index contributed by atoms with van der Waals surface area (Å²) in [5, 5.41) is 4.56. The van der Waals surface area contributed by atoms with E-state index in [4.69, 9.17) is 0 Å². The van der Waals surface area contributed by atoms with Gasteiger partial charge in [0.2, 0.25) is 5.91 Å². The lowest BCUT2D eigenvalue weighted by atomic mass is 9.86. The van der Waals surface area contributed by atoms with E-state index >= 15 is 0 Å². The fraction of sp³-hybridized carbons (Fsp3) is 0.423. The van der Waals surface area contributed by atoms with Crippen LogP contribution in [0.2, 0.25) is 0 Å². The predicted octanol–water partition coefficient (Wildman–Crippen LogP) is 5.63. The first-order valence-electron chi connectivity index (χ1n) is 11.0. The van der Waals surface area contributed by atoms with E-state index in [0.717, 1.165) is 19.4 Å². The second-order valence-electron chi connectivity index (χ2n) is 8.72. The monoisotopic (exact) mass is 388 g/mol. The number of benzene rings is 2. The van der Waals surface area contributed by atoms with Crippen molar-refractivity contribution in [1.82, 2.24) is 9.88 Å². The third-order valence-corrected chi connectivity index (χ3v) is 6.42. The number of amides is 1. The van der Waals surface area contributed by atoms with Gasteiger partial charge in [0.25, 0.3) is 0 Å². The van der Waals surface area contributed by atoms with E-state index in [1.165, 1.54) is 46.9 Å². The van der Waals surface area contributed by atoms with Crippen LogP contribution in [0.25, 0.3) is 10.9 Å². The van der Waals surface area contributed by atoms with Crippen LogP contribution < -0.4 is 5.32 Å². The van der Waals surface area contributed by atoms with Gasteiger partial charge in [-0.25, -0.2) is 0 Å². The highest BCUT2D eigenvalue weighted by atomic mass is 16.1. The molecule has 1 saturated carbocycles. The van der Waals surface area contributed by atoms with Crippen LogP contribution in [0, 0.1) is 12.8 Å². The van der Waals surface area contributed by atoms with Crippen molar-refractivity contribution in [2.45, 2.75) is 65.0 Å². The summed E-state index contributed by atoms with van der Waals surface area (Å²) in [5.74, 6) is 0.795. The Kier molecular flexibility index (Phi) is 6.03. The number of rotatable bonds is 6. The molecule has 0 bridgehead atoms. The number of hydrogen-bond donors (Lipinski definition) is 1. The first-order chi connectivity index (χ1) is 14.1. The first-order valence-corrected chi connectivity index (χ1v) is 11.0. The van der Waals surface area contributed by atoms with Gasteiger partial charge in [-0.3, -0.25) is 4.79 Å². The number of carbonyl (C=O) groups is 1. The van der Waals surface area contributed by atoms with E-state index in [1.807, 2.05) is 0 Å². The lowest BCUT2D eigenvalue weighted by Crippen LogP contribution is -2.41. The molecule has 0 aliphatic heterocycles. The molecule has 1 fully saturated rings. The number of hydrogen-bond acceptors (Lipinski definition) is 1. The van der Waals surface area contributed by atoms with Crippen LogP contribution in [0.15, 0.2) is 54.7 Å². The highest BCUT2D eigenvalue weighted by Crippen LogP contribution is 2.25. The van der Waals surface area contributed by atoms with E-state index < -0.39 is 0 Å². The van der Waals surface area contributed by atoms with Crippen LogP contribution in [-0.2, 0) is 17.8 Å². The molecule has 1 heterocycles. The minimum atomic E-state index is 0.194. The van der Waals surface area contributed by atoms with Crippen molar-refractivity contribution in [3.63, 3.8) is 0 Å². The molecule has 0 saturated heterocycles. The average Bonchev–Trinajstić information content (AvgIpc) is 3.08.